The summed E-state index contributed by atoms with van der Waals surface area (Å²) in [7, 11) is -0.234. The van der Waals surface area contributed by atoms with Crippen LogP contribution in [-0.2, 0) is 36.0 Å². The number of ether oxygens (including phenoxy) is 4. The number of morpholine rings is 1. The number of anilines is 1. The van der Waals surface area contributed by atoms with E-state index in [1.165, 1.54) is 11.1 Å². The first-order valence-electron chi connectivity index (χ1n) is 18.4. The van der Waals surface area contributed by atoms with Crippen LogP contribution in [0.2, 0.25) is 5.02 Å². The molecule has 11 nitrogen and oxygen atoms in total. The van der Waals surface area contributed by atoms with Crippen molar-refractivity contribution in [2.24, 2.45) is 22.1 Å². The van der Waals surface area contributed by atoms with Crippen molar-refractivity contribution in [1.82, 2.24) is 9.62 Å². The molecule has 2 aromatic carbocycles. The Morgan fingerprint density at radius 2 is 1.98 bits per heavy atom. The summed E-state index contributed by atoms with van der Waals surface area (Å²) in [6.07, 6.45) is 7.19. The minimum Gasteiger partial charge on any atom is -0.490 e. The highest BCUT2D eigenvalue weighted by Gasteiger charge is 2.42. The number of amides is 3. The minimum absolute atomic E-state index is 0.00358. The molecule has 2 aromatic rings. The lowest BCUT2D eigenvalue weighted by molar-refractivity contribution is -0.0489. The van der Waals surface area contributed by atoms with Crippen LogP contribution in [0.5, 0.6) is 5.75 Å². The summed E-state index contributed by atoms with van der Waals surface area (Å²) < 4.78 is 45.2. The number of aryl methyl sites for hydroxylation is 1. The SMILES string of the molecule is COC[C@@H]1CN(C(=O)N[S@@]2(=O)=NC(=O)c3ccc4c(c3)N(C[C@H](C)[C@@H](C)[C@@H](OC)/C=C/C[C@H](C)C2)C[C@@]2(CCCc3cc(Cl)ccc32)CO4)CCO1. The lowest BCUT2D eigenvalue weighted by Gasteiger charge is -2.42. The summed E-state index contributed by atoms with van der Waals surface area (Å²) in [4.78, 5) is 31.5. The van der Waals surface area contributed by atoms with Crippen molar-refractivity contribution in [1.29, 1.82) is 0 Å². The molecule has 0 unspecified atom stereocenters. The molecule has 2 bridgehead atoms. The quantitative estimate of drug-likeness (QED) is 0.363. The summed E-state index contributed by atoms with van der Waals surface area (Å²) in [6, 6.07) is 11.0. The van der Waals surface area contributed by atoms with E-state index >= 15 is 0 Å². The molecule has 1 N–H and O–H groups in total. The van der Waals surface area contributed by atoms with Gasteiger partial charge in [-0.1, -0.05) is 50.6 Å². The van der Waals surface area contributed by atoms with Crippen LogP contribution in [-0.4, -0.2) is 99.2 Å². The normalized spacial score (nSPS) is 31.9. The monoisotopic (exact) mass is 756 g/mol. The number of urea groups is 1. The summed E-state index contributed by atoms with van der Waals surface area (Å²) >= 11 is 6.46. The molecule has 0 saturated carbocycles. The van der Waals surface area contributed by atoms with Crippen molar-refractivity contribution in [3.63, 3.8) is 0 Å². The Morgan fingerprint density at radius 1 is 1.15 bits per heavy atom. The van der Waals surface area contributed by atoms with E-state index in [9.17, 15) is 13.8 Å². The predicted octanol–water partition coefficient (Wildman–Crippen LogP) is 6.28. The van der Waals surface area contributed by atoms with E-state index < -0.39 is 21.9 Å². The smallest absolute Gasteiger partial charge is 0.330 e. The molecule has 4 aliphatic rings. The molecular formula is C39H53ClN4O7S. The highest BCUT2D eigenvalue weighted by molar-refractivity contribution is 7.92. The highest BCUT2D eigenvalue weighted by atomic mass is 35.5. The fraction of sp³-hybridized carbons (Fsp3) is 0.590. The van der Waals surface area contributed by atoms with Gasteiger partial charge in [-0.3, -0.25) is 9.52 Å². The molecule has 52 heavy (non-hydrogen) atoms. The second-order valence-corrected chi connectivity index (χ2v) is 17.5. The number of carbonyl (C=O) groups excluding carboxylic acids is 2. The van der Waals surface area contributed by atoms with Crippen molar-refractivity contribution in [3.8, 4) is 5.75 Å². The molecule has 1 saturated heterocycles. The van der Waals surface area contributed by atoms with E-state index in [4.69, 9.17) is 30.5 Å². The zero-order chi connectivity index (χ0) is 37.0. The predicted molar refractivity (Wildman–Crippen MR) is 204 cm³/mol. The van der Waals surface area contributed by atoms with Gasteiger partial charge in [0, 0.05) is 49.9 Å². The van der Waals surface area contributed by atoms with Crippen LogP contribution >= 0.6 is 11.6 Å². The van der Waals surface area contributed by atoms with Gasteiger partial charge in [0.2, 0.25) is 0 Å². The van der Waals surface area contributed by atoms with Gasteiger partial charge in [0.25, 0.3) is 5.91 Å². The number of fused-ring (bicyclic) bond motifs is 3. The summed E-state index contributed by atoms with van der Waals surface area (Å²) in [5, 5.41) is 0.731. The number of methoxy groups -OCH3 is 2. The van der Waals surface area contributed by atoms with Gasteiger partial charge in [-0.25, -0.2) is 9.00 Å². The Balaban J connectivity index is 1.40. The van der Waals surface area contributed by atoms with Gasteiger partial charge in [0.15, 0.2) is 0 Å². The summed E-state index contributed by atoms with van der Waals surface area (Å²) in [5.74, 6) is 0.224. The second-order valence-electron chi connectivity index (χ2n) is 15.1. The first kappa shape index (κ1) is 38.6. The molecule has 7 atom stereocenters. The van der Waals surface area contributed by atoms with Crippen LogP contribution in [0.4, 0.5) is 10.5 Å². The lowest BCUT2D eigenvalue weighted by atomic mass is 9.70. The van der Waals surface area contributed by atoms with Gasteiger partial charge in [0.05, 0.1) is 50.0 Å². The molecule has 3 heterocycles. The third-order valence-corrected chi connectivity index (χ3v) is 13.3. The Labute approximate surface area is 313 Å². The van der Waals surface area contributed by atoms with E-state index in [1.54, 1.807) is 25.2 Å². The van der Waals surface area contributed by atoms with E-state index in [2.05, 4.69) is 46.0 Å². The molecule has 3 aliphatic heterocycles. The second kappa shape index (κ2) is 16.5. The topological polar surface area (TPSA) is 119 Å². The van der Waals surface area contributed by atoms with Gasteiger partial charge in [-0.2, -0.15) is 0 Å². The molecule has 1 fully saturated rings. The van der Waals surface area contributed by atoms with Gasteiger partial charge in [0.1, 0.15) is 15.7 Å². The van der Waals surface area contributed by atoms with Crippen LogP contribution in [0.3, 0.4) is 0 Å². The molecule has 0 radical (unpaired) electrons. The number of halogens is 1. The van der Waals surface area contributed by atoms with Crippen molar-refractivity contribution >= 4 is 39.1 Å². The van der Waals surface area contributed by atoms with E-state index in [0.717, 1.165) is 30.0 Å². The molecule has 0 aromatic heterocycles. The standard InChI is InChI=1S/C39H53ClN4O7S/c1-26-8-6-10-35(49-5)28(3)27(2)20-44-24-39(15-7-9-29-18-31(40)12-13-33(29)39)25-51-36-14-11-30(19-34(36)44)37(45)41-52(47,23-26)42-38(46)43-16-17-50-32(21-43)22-48-4/h6,10-14,18-19,26-28,32,35H,7-9,15-17,20-25H2,1-5H3,(H,41,42,45,46,47)/b10-6+/t26-,27-,28+,32-,35-,39-,52-/m0/s1. The largest absolute Gasteiger partial charge is 0.490 e. The fourth-order valence-corrected chi connectivity index (χ4v) is 10.2. The maximum Gasteiger partial charge on any atom is 0.330 e. The number of carbonyl (C=O) groups is 2. The van der Waals surface area contributed by atoms with Gasteiger partial charge in [-0.15, -0.1) is 4.36 Å². The number of nitrogens with one attached hydrogen (secondary N) is 1. The Hall–Kier alpha value is -3.16. The zero-order valence-corrected chi connectivity index (χ0v) is 32.5. The van der Waals surface area contributed by atoms with Crippen molar-refractivity contribution in [2.75, 3.05) is 70.9 Å². The van der Waals surface area contributed by atoms with Crippen LogP contribution < -0.4 is 14.4 Å². The van der Waals surface area contributed by atoms with Crippen LogP contribution in [0.1, 0.15) is 61.5 Å². The van der Waals surface area contributed by atoms with E-state index in [0.29, 0.717) is 51.6 Å². The average molecular weight is 757 g/mol. The third-order valence-electron chi connectivity index (χ3n) is 11.1. The first-order chi connectivity index (χ1) is 24.9. The van der Waals surface area contributed by atoms with Crippen molar-refractivity contribution in [3.05, 3.63) is 70.3 Å². The van der Waals surface area contributed by atoms with Crippen LogP contribution in [0.25, 0.3) is 0 Å². The summed E-state index contributed by atoms with van der Waals surface area (Å²) in [5.41, 5.74) is 3.29. The van der Waals surface area contributed by atoms with E-state index in [-0.39, 0.29) is 53.2 Å². The number of hydrogen-bond donors (Lipinski definition) is 1. The highest BCUT2D eigenvalue weighted by Crippen LogP contribution is 2.45. The number of benzene rings is 2. The van der Waals surface area contributed by atoms with Gasteiger partial charge >= 0.3 is 6.03 Å². The number of allylic oxidation sites excluding steroid dienone is 1. The number of nitrogens with zero attached hydrogens (tertiary/aromatic N) is 3. The maximum atomic E-state index is 14.6. The third kappa shape index (κ3) is 8.62. The molecular weight excluding hydrogens is 704 g/mol. The molecule has 1 spiro atoms. The number of hydrogen-bond acceptors (Lipinski definition) is 8. The molecule has 3 amide bonds. The molecule has 13 heteroatoms. The average Bonchev–Trinajstić information content (AvgIpc) is 3.26. The summed E-state index contributed by atoms with van der Waals surface area (Å²) in [6.45, 7) is 9.51. The Bertz CT molecular complexity index is 1780. The maximum absolute atomic E-state index is 14.6. The Morgan fingerprint density at radius 3 is 2.77 bits per heavy atom. The zero-order valence-electron chi connectivity index (χ0n) is 31.0. The van der Waals surface area contributed by atoms with E-state index in [1.807, 2.05) is 31.2 Å². The van der Waals surface area contributed by atoms with Crippen LogP contribution in [0.15, 0.2) is 52.9 Å². The lowest BCUT2D eigenvalue weighted by Crippen LogP contribution is -2.52. The van der Waals surface area contributed by atoms with Crippen molar-refractivity contribution in [2.45, 2.75) is 64.1 Å². The first-order valence-corrected chi connectivity index (χ1v) is 20.5. The van der Waals surface area contributed by atoms with Gasteiger partial charge < -0.3 is 28.7 Å². The molecule has 284 valence electrons. The molecule has 6 rings (SSSR count). The van der Waals surface area contributed by atoms with Crippen molar-refractivity contribution < 1.29 is 32.7 Å². The molecule has 1 aliphatic carbocycles. The minimum atomic E-state index is -3.54. The van der Waals surface area contributed by atoms with Crippen LogP contribution in [0, 0.1) is 17.8 Å². The van der Waals surface area contributed by atoms with Gasteiger partial charge in [-0.05, 0) is 84.9 Å². The number of rotatable bonds is 4. The fourth-order valence-electron chi connectivity index (χ4n) is 8.13. The Kier molecular flexibility index (Phi) is 12.2.